The van der Waals surface area contributed by atoms with E-state index in [2.05, 4.69) is 22.2 Å². The molecular formula is C15H21N5O. The third kappa shape index (κ3) is 2.57. The number of hydrogen-bond donors (Lipinski definition) is 1. The molecule has 0 saturated carbocycles. The number of nitrogens with zero attached hydrogens (tertiary/aromatic N) is 4. The van der Waals surface area contributed by atoms with Gasteiger partial charge < -0.3 is 4.90 Å². The van der Waals surface area contributed by atoms with Crippen LogP contribution in [0.2, 0.25) is 0 Å². The van der Waals surface area contributed by atoms with Gasteiger partial charge in [0.1, 0.15) is 5.69 Å². The normalized spacial score (nSPS) is 17.9. The van der Waals surface area contributed by atoms with E-state index < -0.39 is 0 Å². The van der Waals surface area contributed by atoms with E-state index in [4.69, 9.17) is 0 Å². The van der Waals surface area contributed by atoms with Crippen LogP contribution in [0.15, 0.2) is 24.5 Å². The van der Waals surface area contributed by atoms with Crippen molar-refractivity contribution in [2.45, 2.75) is 38.6 Å². The fourth-order valence-electron chi connectivity index (χ4n) is 2.88. The van der Waals surface area contributed by atoms with Gasteiger partial charge in [-0.1, -0.05) is 6.92 Å². The average Bonchev–Trinajstić information content (AvgIpc) is 3.19. The topological polar surface area (TPSA) is 66.8 Å². The summed E-state index contributed by atoms with van der Waals surface area (Å²) in [6.45, 7) is 6.54. The molecule has 6 heteroatoms. The van der Waals surface area contributed by atoms with Crippen molar-refractivity contribution in [1.82, 2.24) is 24.9 Å². The van der Waals surface area contributed by atoms with Crippen molar-refractivity contribution < 1.29 is 4.79 Å². The highest BCUT2D eigenvalue weighted by molar-refractivity contribution is 5.92. The van der Waals surface area contributed by atoms with E-state index in [9.17, 15) is 4.79 Å². The van der Waals surface area contributed by atoms with Gasteiger partial charge in [-0.15, -0.1) is 0 Å². The van der Waals surface area contributed by atoms with Gasteiger partial charge in [0.05, 0.1) is 0 Å². The Labute approximate surface area is 124 Å². The first kappa shape index (κ1) is 13.9. The van der Waals surface area contributed by atoms with Crippen molar-refractivity contribution in [3.8, 4) is 0 Å². The molecule has 1 aliphatic rings. The van der Waals surface area contributed by atoms with Gasteiger partial charge in [0, 0.05) is 43.1 Å². The Bertz CT molecular complexity index is 608. The molecule has 0 bridgehead atoms. The minimum Gasteiger partial charge on any atom is -0.337 e. The summed E-state index contributed by atoms with van der Waals surface area (Å²) < 4.78 is 1.78. The van der Waals surface area contributed by atoms with Crippen LogP contribution in [0.5, 0.6) is 0 Å². The van der Waals surface area contributed by atoms with Crippen molar-refractivity contribution in [3.05, 3.63) is 35.9 Å². The molecule has 1 fully saturated rings. The van der Waals surface area contributed by atoms with Gasteiger partial charge >= 0.3 is 0 Å². The van der Waals surface area contributed by atoms with Crippen LogP contribution in [0.25, 0.3) is 0 Å². The number of H-pyrrole nitrogens is 1. The average molecular weight is 287 g/mol. The highest BCUT2D eigenvalue weighted by Crippen LogP contribution is 2.33. The number of aromatic amines is 1. The fourth-order valence-corrected chi connectivity index (χ4v) is 2.88. The smallest absolute Gasteiger partial charge is 0.274 e. The lowest BCUT2D eigenvalue weighted by Gasteiger charge is -2.38. The van der Waals surface area contributed by atoms with Crippen LogP contribution in [-0.4, -0.2) is 43.9 Å². The van der Waals surface area contributed by atoms with Crippen molar-refractivity contribution >= 4 is 5.91 Å². The zero-order valence-corrected chi connectivity index (χ0v) is 12.5. The van der Waals surface area contributed by atoms with Gasteiger partial charge in [-0.05, 0) is 31.9 Å². The third-order valence-corrected chi connectivity index (χ3v) is 4.49. The number of aryl methyl sites for hydroxylation is 1. The van der Waals surface area contributed by atoms with Crippen molar-refractivity contribution in [2.75, 3.05) is 13.1 Å². The van der Waals surface area contributed by atoms with E-state index in [-0.39, 0.29) is 11.3 Å². The maximum absolute atomic E-state index is 12.5. The van der Waals surface area contributed by atoms with E-state index in [1.54, 1.807) is 16.9 Å². The quantitative estimate of drug-likeness (QED) is 0.936. The molecule has 6 nitrogen and oxygen atoms in total. The number of carbonyl (C=O) groups is 1. The second kappa shape index (κ2) is 5.35. The molecule has 0 aliphatic carbocycles. The Morgan fingerprint density at radius 1 is 1.38 bits per heavy atom. The number of piperidine rings is 1. The molecule has 1 N–H and O–H groups in total. The Balaban J connectivity index is 1.67. The van der Waals surface area contributed by atoms with Crippen LogP contribution in [0.3, 0.4) is 0 Å². The standard InChI is InChI=1S/C15H21N5O/c1-3-20-9-5-12(18-20)14(21)19-10-6-15(2,7-11-19)13-4-8-16-17-13/h4-5,8-9H,3,6-7,10-11H2,1-2H3,(H,16,17). The number of amides is 1. The van der Waals surface area contributed by atoms with Gasteiger partial charge in [0.25, 0.3) is 5.91 Å². The summed E-state index contributed by atoms with van der Waals surface area (Å²) in [7, 11) is 0. The van der Waals surface area contributed by atoms with Crippen LogP contribution in [-0.2, 0) is 12.0 Å². The summed E-state index contributed by atoms with van der Waals surface area (Å²) in [5, 5.41) is 11.4. The number of likely N-dealkylation sites (tertiary alicyclic amines) is 1. The number of rotatable bonds is 3. The van der Waals surface area contributed by atoms with E-state index >= 15 is 0 Å². The second-order valence-corrected chi connectivity index (χ2v) is 5.88. The predicted molar refractivity (Wildman–Crippen MR) is 79.0 cm³/mol. The highest BCUT2D eigenvalue weighted by atomic mass is 16.2. The van der Waals surface area contributed by atoms with E-state index in [0.717, 1.165) is 38.2 Å². The number of aromatic nitrogens is 4. The van der Waals surface area contributed by atoms with Gasteiger partial charge in [0.2, 0.25) is 0 Å². The molecule has 2 aromatic heterocycles. The van der Waals surface area contributed by atoms with Gasteiger partial charge in [-0.2, -0.15) is 10.2 Å². The summed E-state index contributed by atoms with van der Waals surface area (Å²) in [5.41, 5.74) is 1.78. The summed E-state index contributed by atoms with van der Waals surface area (Å²) in [6, 6.07) is 3.83. The van der Waals surface area contributed by atoms with Gasteiger partial charge in [-0.3, -0.25) is 14.6 Å². The highest BCUT2D eigenvalue weighted by Gasteiger charge is 2.34. The molecule has 1 amide bonds. The Kier molecular flexibility index (Phi) is 3.53. The minimum atomic E-state index is 0.0360. The Hall–Kier alpha value is -2.11. The minimum absolute atomic E-state index is 0.0360. The summed E-state index contributed by atoms with van der Waals surface area (Å²) in [6.07, 6.45) is 5.52. The zero-order chi connectivity index (χ0) is 14.9. The molecule has 0 aromatic carbocycles. The first-order valence-electron chi connectivity index (χ1n) is 7.45. The molecular weight excluding hydrogens is 266 g/mol. The summed E-state index contributed by atoms with van der Waals surface area (Å²) in [4.78, 5) is 14.4. The van der Waals surface area contributed by atoms with E-state index in [1.165, 1.54) is 0 Å². The zero-order valence-electron chi connectivity index (χ0n) is 12.5. The van der Waals surface area contributed by atoms with Crippen LogP contribution in [0, 0.1) is 0 Å². The maximum Gasteiger partial charge on any atom is 0.274 e. The lowest BCUT2D eigenvalue weighted by Crippen LogP contribution is -2.44. The molecule has 0 unspecified atom stereocenters. The number of nitrogens with one attached hydrogen (secondary N) is 1. The van der Waals surface area contributed by atoms with Crippen LogP contribution in [0.1, 0.15) is 42.9 Å². The predicted octanol–water partition coefficient (Wildman–Crippen LogP) is 1.82. The SMILES string of the molecule is CCn1ccc(C(=O)N2CCC(C)(c3ccn[nH]3)CC2)n1. The Morgan fingerprint density at radius 2 is 2.14 bits per heavy atom. The Morgan fingerprint density at radius 3 is 2.71 bits per heavy atom. The molecule has 3 heterocycles. The molecule has 0 spiro atoms. The molecule has 2 aromatic rings. The fraction of sp³-hybridized carbons (Fsp3) is 0.533. The summed E-state index contributed by atoms with van der Waals surface area (Å²) in [5.74, 6) is 0.0360. The first-order chi connectivity index (χ1) is 10.1. The monoisotopic (exact) mass is 287 g/mol. The largest absolute Gasteiger partial charge is 0.337 e. The number of carbonyl (C=O) groups excluding carboxylic acids is 1. The molecule has 112 valence electrons. The van der Waals surface area contributed by atoms with Crippen molar-refractivity contribution in [2.24, 2.45) is 0 Å². The van der Waals surface area contributed by atoms with Gasteiger partial charge in [-0.25, -0.2) is 0 Å². The van der Waals surface area contributed by atoms with Crippen molar-refractivity contribution in [3.63, 3.8) is 0 Å². The number of hydrogen-bond acceptors (Lipinski definition) is 3. The maximum atomic E-state index is 12.5. The third-order valence-electron chi connectivity index (χ3n) is 4.49. The molecule has 1 aliphatic heterocycles. The molecule has 21 heavy (non-hydrogen) atoms. The van der Waals surface area contributed by atoms with Crippen LogP contribution in [0.4, 0.5) is 0 Å². The first-order valence-corrected chi connectivity index (χ1v) is 7.45. The van der Waals surface area contributed by atoms with Crippen LogP contribution < -0.4 is 0 Å². The molecule has 3 rings (SSSR count). The van der Waals surface area contributed by atoms with Gasteiger partial charge in [0.15, 0.2) is 0 Å². The second-order valence-electron chi connectivity index (χ2n) is 5.88. The molecule has 0 atom stereocenters. The summed E-state index contributed by atoms with van der Waals surface area (Å²) >= 11 is 0. The lowest BCUT2D eigenvalue weighted by molar-refractivity contribution is 0.0667. The molecule has 1 saturated heterocycles. The van der Waals surface area contributed by atoms with Crippen LogP contribution >= 0.6 is 0 Å². The van der Waals surface area contributed by atoms with E-state index in [1.807, 2.05) is 24.1 Å². The van der Waals surface area contributed by atoms with E-state index in [0.29, 0.717) is 5.69 Å². The lowest BCUT2D eigenvalue weighted by atomic mass is 9.77. The van der Waals surface area contributed by atoms with Crippen molar-refractivity contribution in [1.29, 1.82) is 0 Å². The molecule has 0 radical (unpaired) electrons.